The number of fused-ring (bicyclic) bond motifs is 1. The second kappa shape index (κ2) is 9.74. The van der Waals surface area contributed by atoms with Gasteiger partial charge in [-0.1, -0.05) is 12.1 Å². The number of carbonyl (C=O) groups excluding carboxylic acids is 2. The molecule has 0 saturated carbocycles. The number of furan rings is 1. The Hall–Kier alpha value is -4.20. The van der Waals surface area contributed by atoms with Gasteiger partial charge in [0, 0.05) is 41.9 Å². The van der Waals surface area contributed by atoms with Crippen LogP contribution in [0.3, 0.4) is 0 Å². The van der Waals surface area contributed by atoms with Crippen molar-refractivity contribution in [3.8, 4) is 22.5 Å². The van der Waals surface area contributed by atoms with Crippen molar-refractivity contribution in [1.29, 1.82) is 0 Å². The summed E-state index contributed by atoms with van der Waals surface area (Å²) in [5.41, 5.74) is 3.43. The molecular weight excluding hydrogens is 442 g/mol. The number of halogens is 2. The van der Waals surface area contributed by atoms with E-state index in [9.17, 15) is 18.4 Å². The first-order valence-electron chi connectivity index (χ1n) is 10.5. The number of benzene rings is 3. The van der Waals surface area contributed by atoms with Crippen LogP contribution in [0.4, 0.5) is 14.5 Å². The summed E-state index contributed by atoms with van der Waals surface area (Å²) in [7, 11) is 2.81. The molecule has 0 saturated heterocycles. The predicted molar refractivity (Wildman–Crippen MR) is 126 cm³/mol. The Labute approximate surface area is 194 Å². The largest absolute Gasteiger partial charge is 0.465 e. The van der Waals surface area contributed by atoms with Crippen LogP contribution in [0.15, 0.2) is 65.1 Å². The van der Waals surface area contributed by atoms with Crippen LogP contribution >= 0.6 is 0 Å². The van der Waals surface area contributed by atoms with Crippen molar-refractivity contribution in [1.82, 2.24) is 5.32 Å². The molecule has 0 spiro atoms. The molecule has 0 fully saturated rings. The van der Waals surface area contributed by atoms with Crippen LogP contribution in [0.5, 0.6) is 0 Å². The number of carbonyl (C=O) groups is 2. The molecule has 0 radical (unpaired) electrons. The monoisotopic (exact) mass is 464 g/mol. The van der Waals surface area contributed by atoms with Gasteiger partial charge in [-0.05, 0) is 48.0 Å². The third kappa shape index (κ3) is 4.34. The zero-order valence-corrected chi connectivity index (χ0v) is 18.6. The summed E-state index contributed by atoms with van der Waals surface area (Å²) in [5.74, 6) is -0.996. The standard InChI is InChI=1S/C26H22F2N2O4/c1-29-25(31)23-20-13-19(16-4-3-5-17(12-16)26(32)33-2)21(30-11-10-27)14-22(20)34-24(23)15-6-8-18(28)9-7-15/h3-9,12-14,30H,10-11H2,1-2H3,(H,29,31). The van der Waals surface area contributed by atoms with Crippen LogP contribution in [-0.2, 0) is 4.74 Å². The van der Waals surface area contributed by atoms with Crippen molar-refractivity contribution < 1.29 is 27.5 Å². The number of esters is 1. The molecule has 3 aromatic carbocycles. The number of alkyl halides is 1. The fourth-order valence-electron chi connectivity index (χ4n) is 3.80. The van der Waals surface area contributed by atoms with E-state index in [-0.39, 0.29) is 23.8 Å². The van der Waals surface area contributed by atoms with Crippen molar-refractivity contribution in [2.24, 2.45) is 0 Å². The van der Waals surface area contributed by atoms with E-state index in [0.29, 0.717) is 38.9 Å². The minimum atomic E-state index is -0.595. The summed E-state index contributed by atoms with van der Waals surface area (Å²) in [4.78, 5) is 24.9. The van der Waals surface area contributed by atoms with Crippen molar-refractivity contribution in [3.63, 3.8) is 0 Å². The van der Waals surface area contributed by atoms with E-state index < -0.39 is 18.5 Å². The molecule has 0 atom stereocenters. The molecule has 6 nitrogen and oxygen atoms in total. The topological polar surface area (TPSA) is 80.6 Å². The molecule has 0 aliphatic rings. The van der Waals surface area contributed by atoms with Gasteiger partial charge in [-0.25, -0.2) is 13.6 Å². The van der Waals surface area contributed by atoms with Gasteiger partial charge in [0.15, 0.2) is 0 Å². The lowest BCUT2D eigenvalue weighted by Crippen LogP contribution is -2.18. The van der Waals surface area contributed by atoms with E-state index >= 15 is 0 Å². The molecule has 8 heteroatoms. The third-order valence-corrected chi connectivity index (χ3v) is 5.39. The van der Waals surface area contributed by atoms with E-state index in [0.717, 1.165) is 0 Å². The number of methoxy groups -OCH3 is 1. The normalized spacial score (nSPS) is 10.8. The van der Waals surface area contributed by atoms with Gasteiger partial charge in [-0.2, -0.15) is 0 Å². The number of rotatable bonds is 7. The zero-order valence-electron chi connectivity index (χ0n) is 18.6. The van der Waals surface area contributed by atoms with Gasteiger partial charge in [0.25, 0.3) is 5.91 Å². The van der Waals surface area contributed by atoms with Gasteiger partial charge >= 0.3 is 5.97 Å². The Balaban J connectivity index is 1.98. The van der Waals surface area contributed by atoms with Gasteiger partial charge in [-0.3, -0.25) is 4.79 Å². The summed E-state index contributed by atoms with van der Waals surface area (Å²) in [6.07, 6.45) is 0. The first-order chi connectivity index (χ1) is 16.5. The van der Waals surface area contributed by atoms with Crippen molar-refractivity contribution in [3.05, 3.63) is 77.6 Å². The molecule has 0 aliphatic carbocycles. The average Bonchev–Trinajstić information content (AvgIpc) is 3.24. The molecule has 34 heavy (non-hydrogen) atoms. The molecule has 0 aliphatic heterocycles. The van der Waals surface area contributed by atoms with Gasteiger partial charge in [0.2, 0.25) is 0 Å². The minimum Gasteiger partial charge on any atom is -0.465 e. The lowest BCUT2D eigenvalue weighted by atomic mass is 9.97. The summed E-state index contributed by atoms with van der Waals surface area (Å²) >= 11 is 0. The number of nitrogens with one attached hydrogen (secondary N) is 2. The number of ether oxygens (including phenoxy) is 1. The minimum absolute atomic E-state index is 0.0586. The highest BCUT2D eigenvalue weighted by atomic mass is 19.1. The Bertz CT molecular complexity index is 1360. The van der Waals surface area contributed by atoms with Crippen molar-refractivity contribution >= 4 is 28.5 Å². The highest BCUT2D eigenvalue weighted by molar-refractivity contribution is 6.13. The molecular formula is C26H22F2N2O4. The highest BCUT2D eigenvalue weighted by Gasteiger charge is 2.23. The SMILES string of the molecule is CNC(=O)c1c(-c2ccc(F)cc2)oc2cc(NCCF)c(-c3cccc(C(=O)OC)c3)cc12. The van der Waals surface area contributed by atoms with Crippen LogP contribution in [0, 0.1) is 5.82 Å². The van der Waals surface area contributed by atoms with E-state index in [1.54, 1.807) is 36.4 Å². The molecule has 1 amide bonds. The maximum atomic E-state index is 13.5. The number of amides is 1. The summed E-state index contributed by atoms with van der Waals surface area (Å²) in [5, 5.41) is 6.17. The molecule has 2 N–H and O–H groups in total. The molecule has 174 valence electrons. The van der Waals surface area contributed by atoms with Gasteiger partial charge in [0.05, 0.1) is 18.2 Å². The van der Waals surface area contributed by atoms with E-state index in [4.69, 9.17) is 9.15 Å². The number of hydrogen-bond acceptors (Lipinski definition) is 5. The molecule has 0 bridgehead atoms. The molecule has 4 rings (SSSR count). The number of anilines is 1. The first kappa shape index (κ1) is 23.0. The number of hydrogen-bond donors (Lipinski definition) is 2. The van der Waals surface area contributed by atoms with Crippen LogP contribution in [0.25, 0.3) is 33.4 Å². The smallest absolute Gasteiger partial charge is 0.337 e. The van der Waals surface area contributed by atoms with Gasteiger partial charge < -0.3 is 19.8 Å². The Morgan fingerprint density at radius 2 is 1.79 bits per heavy atom. The fourth-order valence-corrected chi connectivity index (χ4v) is 3.80. The summed E-state index contributed by atoms with van der Waals surface area (Å²) in [6.45, 7) is -0.537. The second-order valence-electron chi connectivity index (χ2n) is 7.47. The fraction of sp³-hybridized carbons (Fsp3) is 0.154. The van der Waals surface area contributed by atoms with Crippen LogP contribution in [0.1, 0.15) is 20.7 Å². The van der Waals surface area contributed by atoms with Gasteiger partial charge in [-0.15, -0.1) is 0 Å². The molecule has 4 aromatic rings. The van der Waals surface area contributed by atoms with E-state index in [1.807, 2.05) is 0 Å². The van der Waals surface area contributed by atoms with E-state index in [2.05, 4.69) is 10.6 Å². The highest BCUT2D eigenvalue weighted by Crippen LogP contribution is 2.40. The van der Waals surface area contributed by atoms with Crippen LogP contribution < -0.4 is 10.6 Å². The zero-order chi connectivity index (χ0) is 24.2. The predicted octanol–water partition coefficient (Wildman–Crippen LogP) is 5.43. The lowest BCUT2D eigenvalue weighted by Gasteiger charge is -2.13. The maximum Gasteiger partial charge on any atom is 0.337 e. The van der Waals surface area contributed by atoms with Crippen LogP contribution in [-0.4, -0.2) is 39.3 Å². The Morgan fingerprint density at radius 3 is 2.47 bits per heavy atom. The Morgan fingerprint density at radius 1 is 1.03 bits per heavy atom. The summed E-state index contributed by atoms with van der Waals surface area (Å²) in [6, 6.07) is 15.9. The summed E-state index contributed by atoms with van der Waals surface area (Å²) < 4.78 is 37.3. The average molecular weight is 464 g/mol. The molecule has 1 aromatic heterocycles. The molecule has 0 unspecified atom stereocenters. The second-order valence-corrected chi connectivity index (χ2v) is 7.47. The third-order valence-electron chi connectivity index (χ3n) is 5.39. The first-order valence-corrected chi connectivity index (χ1v) is 10.5. The van der Waals surface area contributed by atoms with Crippen LogP contribution in [0.2, 0.25) is 0 Å². The van der Waals surface area contributed by atoms with Crippen molar-refractivity contribution in [2.75, 3.05) is 32.7 Å². The van der Waals surface area contributed by atoms with E-state index in [1.165, 1.54) is 38.4 Å². The molecule has 1 heterocycles. The maximum absolute atomic E-state index is 13.5. The Kier molecular flexibility index (Phi) is 6.58. The van der Waals surface area contributed by atoms with Gasteiger partial charge in [0.1, 0.15) is 23.8 Å². The lowest BCUT2D eigenvalue weighted by molar-refractivity contribution is 0.0600. The quantitative estimate of drug-likeness (QED) is 0.357. The van der Waals surface area contributed by atoms with Crippen molar-refractivity contribution in [2.45, 2.75) is 0 Å².